The van der Waals surface area contributed by atoms with E-state index in [0.717, 1.165) is 30.9 Å². The summed E-state index contributed by atoms with van der Waals surface area (Å²) < 4.78 is 85.0. The molecule has 2 aliphatic rings. The van der Waals surface area contributed by atoms with Crippen molar-refractivity contribution in [3.05, 3.63) is 46.1 Å². The highest BCUT2D eigenvalue weighted by Crippen LogP contribution is 2.31. The molecule has 2 fully saturated rings. The first kappa shape index (κ1) is 27.9. The zero-order valence-corrected chi connectivity index (χ0v) is 21.3. The van der Waals surface area contributed by atoms with E-state index in [1.807, 2.05) is 4.57 Å². The summed E-state index contributed by atoms with van der Waals surface area (Å²) in [7, 11) is -1.76. The van der Waals surface area contributed by atoms with Crippen molar-refractivity contribution >= 4 is 26.5 Å². The molecular formula is C22H26F6N6O3Si. The Morgan fingerprint density at radius 3 is 2.34 bits per heavy atom. The molecule has 2 saturated heterocycles. The predicted octanol–water partition coefficient (Wildman–Crippen LogP) is 2.43. The highest BCUT2D eigenvalue weighted by molar-refractivity contribution is 6.64. The normalized spacial score (nSPS) is 18.8. The number of aromatic amines is 1. The van der Waals surface area contributed by atoms with Crippen molar-refractivity contribution < 1.29 is 35.9 Å². The van der Waals surface area contributed by atoms with Crippen LogP contribution in [-0.4, -0.2) is 80.3 Å². The Morgan fingerprint density at radius 1 is 1.03 bits per heavy atom. The Kier molecular flexibility index (Phi) is 8.30. The number of pyridine rings is 1. The van der Waals surface area contributed by atoms with E-state index in [1.54, 1.807) is 9.80 Å². The van der Waals surface area contributed by atoms with E-state index in [9.17, 15) is 35.9 Å². The van der Waals surface area contributed by atoms with Gasteiger partial charge in [-0.2, -0.15) is 26.3 Å². The number of nitrogens with one attached hydrogen (secondary N) is 1. The van der Waals surface area contributed by atoms with E-state index in [4.69, 9.17) is 4.74 Å². The van der Waals surface area contributed by atoms with E-state index in [2.05, 4.69) is 15.0 Å². The van der Waals surface area contributed by atoms with Crippen molar-refractivity contribution in [1.29, 1.82) is 0 Å². The number of carbonyl (C=O) groups excluding carboxylic acids is 1. The number of anilines is 2. The first-order valence-corrected chi connectivity index (χ1v) is 14.1. The van der Waals surface area contributed by atoms with Gasteiger partial charge in [0.25, 0.3) is 5.56 Å². The van der Waals surface area contributed by atoms with Crippen molar-refractivity contribution in [1.82, 2.24) is 19.9 Å². The minimum Gasteiger partial charge on any atom is -0.397 e. The van der Waals surface area contributed by atoms with Crippen LogP contribution in [0.1, 0.15) is 24.0 Å². The molecule has 1 N–H and O–H groups in total. The van der Waals surface area contributed by atoms with Crippen LogP contribution in [0.3, 0.4) is 0 Å². The van der Waals surface area contributed by atoms with Crippen molar-refractivity contribution in [2.75, 3.05) is 55.0 Å². The van der Waals surface area contributed by atoms with Gasteiger partial charge in [-0.25, -0.2) is 9.97 Å². The van der Waals surface area contributed by atoms with Crippen LogP contribution in [0.25, 0.3) is 0 Å². The number of ether oxygens (including phenoxy) is 1. The Hall–Kier alpha value is -3.14. The maximum absolute atomic E-state index is 13.1. The maximum atomic E-state index is 13.1. The number of aromatic nitrogens is 3. The number of piperazine rings is 1. The van der Waals surface area contributed by atoms with Gasteiger partial charge in [0, 0.05) is 57.0 Å². The molecule has 1 atom stereocenters. The van der Waals surface area contributed by atoms with Gasteiger partial charge in [0.2, 0.25) is 11.9 Å². The molecule has 0 unspecified atom stereocenters. The molecule has 208 valence electrons. The molecular weight excluding hydrogens is 538 g/mol. The van der Waals surface area contributed by atoms with E-state index < -0.39 is 38.0 Å². The van der Waals surface area contributed by atoms with Gasteiger partial charge in [0.1, 0.15) is 5.56 Å². The summed E-state index contributed by atoms with van der Waals surface area (Å²) in [6, 6.07) is 1.71. The second-order valence-electron chi connectivity index (χ2n) is 9.05. The molecule has 0 bridgehead atoms. The highest BCUT2D eigenvalue weighted by atomic mass is 28.3. The Morgan fingerprint density at radius 2 is 1.71 bits per heavy atom. The Balaban J connectivity index is 1.21. The molecule has 0 aliphatic carbocycles. The number of rotatable bonds is 7. The van der Waals surface area contributed by atoms with Gasteiger partial charge in [-0.1, -0.05) is 0 Å². The first-order chi connectivity index (χ1) is 17.9. The molecule has 16 heteroatoms. The molecule has 4 rings (SSSR count). The first-order valence-electron chi connectivity index (χ1n) is 12.0. The highest BCUT2D eigenvalue weighted by Gasteiger charge is 2.36. The number of carbonyl (C=O) groups is 1. The van der Waals surface area contributed by atoms with Crippen LogP contribution in [0.15, 0.2) is 29.5 Å². The minimum atomic E-state index is -4.74. The third kappa shape index (κ3) is 6.64. The summed E-state index contributed by atoms with van der Waals surface area (Å²) in [5.41, 5.74) is -3.02. The summed E-state index contributed by atoms with van der Waals surface area (Å²) in [5.74, 6) is 0.0442. The molecule has 0 saturated carbocycles. The van der Waals surface area contributed by atoms with Crippen LogP contribution < -0.4 is 15.0 Å². The van der Waals surface area contributed by atoms with E-state index >= 15 is 0 Å². The van der Waals surface area contributed by atoms with Gasteiger partial charge in [-0.15, -0.1) is 0 Å². The smallest absolute Gasteiger partial charge is 0.397 e. The van der Waals surface area contributed by atoms with Crippen LogP contribution in [-0.2, 0) is 21.9 Å². The van der Waals surface area contributed by atoms with Crippen LogP contribution >= 0.6 is 0 Å². The second-order valence-corrected chi connectivity index (χ2v) is 11.9. The van der Waals surface area contributed by atoms with Gasteiger partial charge >= 0.3 is 12.4 Å². The number of hydrogen-bond donors (Lipinski definition) is 1. The largest absolute Gasteiger partial charge is 0.421 e. The van der Waals surface area contributed by atoms with Crippen molar-refractivity contribution in [3.8, 4) is 0 Å². The monoisotopic (exact) mass is 564 g/mol. The SMILES string of the molecule is O=C(CCOC[Si@@H]1CCCN1c1c[nH]c(=O)c(C(F)(F)F)c1)N1CCN(c2ncc(C(F)(F)F)cn2)CC1. The zero-order valence-electron chi connectivity index (χ0n) is 20.2. The molecule has 2 aromatic rings. The fourth-order valence-corrected chi connectivity index (χ4v) is 7.39. The molecule has 38 heavy (non-hydrogen) atoms. The van der Waals surface area contributed by atoms with Crippen LogP contribution in [0.4, 0.5) is 38.0 Å². The number of hydrogen-bond acceptors (Lipinski definition) is 7. The lowest BCUT2D eigenvalue weighted by Crippen LogP contribution is -2.49. The zero-order chi connectivity index (χ0) is 27.5. The summed E-state index contributed by atoms with van der Waals surface area (Å²) in [6.07, 6.45) is -5.19. The topological polar surface area (TPSA) is 94.7 Å². The summed E-state index contributed by atoms with van der Waals surface area (Å²) in [5, 5.41) is 0. The molecule has 0 aromatic carbocycles. The molecule has 0 radical (unpaired) electrons. The van der Waals surface area contributed by atoms with Gasteiger partial charge in [0.15, 0.2) is 8.96 Å². The number of H-pyrrole nitrogens is 1. The standard InChI is InChI=1S/C22H26F6N6O3Si/c23-21(24,25)15-11-30-20(31-12-15)33-6-4-32(5-7-33)18(35)2-8-37-14-38-9-1-3-34(38)16-10-17(22(26,27)28)19(36)29-13-16/h10-13,38H,1-9,14H2,(H,29,36)/t38-/m0/s1. The van der Waals surface area contributed by atoms with Crippen molar-refractivity contribution in [2.45, 2.75) is 31.2 Å². The Bertz CT molecular complexity index is 1170. The lowest BCUT2D eigenvalue weighted by atomic mass is 10.2. The van der Waals surface area contributed by atoms with Crippen LogP contribution in [0, 0.1) is 0 Å². The fourth-order valence-electron chi connectivity index (χ4n) is 4.52. The van der Waals surface area contributed by atoms with Crippen LogP contribution in [0.2, 0.25) is 6.04 Å². The molecule has 1 amide bonds. The van der Waals surface area contributed by atoms with E-state index in [-0.39, 0.29) is 24.9 Å². The average Bonchev–Trinajstić information content (AvgIpc) is 3.34. The minimum absolute atomic E-state index is 0.126. The lowest BCUT2D eigenvalue weighted by molar-refractivity contribution is -0.139. The fraction of sp³-hybridized carbons (Fsp3) is 0.545. The number of halogens is 6. The van der Waals surface area contributed by atoms with Crippen LogP contribution in [0.5, 0.6) is 0 Å². The van der Waals surface area contributed by atoms with E-state index in [0.29, 0.717) is 44.6 Å². The molecule has 0 spiro atoms. The van der Waals surface area contributed by atoms with Gasteiger partial charge < -0.3 is 24.1 Å². The van der Waals surface area contributed by atoms with Gasteiger partial charge in [-0.05, 0) is 18.5 Å². The van der Waals surface area contributed by atoms with Crippen molar-refractivity contribution in [3.63, 3.8) is 0 Å². The summed E-state index contributed by atoms with van der Waals surface area (Å²) in [6.45, 7) is 2.22. The molecule has 9 nitrogen and oxygen atoms in total. The second kappa shape index (κ2) is 11.3. The third-order valence-electron chi connectivity index (χ3n) is 6.55. The van der Waals surface area contributed by atoms with Gasteiger partial charge in [-0.3, -0.25) is 9.59 Å². The summed E-state index contributed by atoms with van der Waals surface area (Å²) >= 11 is 0. The third-order valence-corrected chi connectivity index (χ3v) is 9.69. The van der Waals surface area contributed by atoms with E-state index in [1.165, 1.54) is 6.20 Å². The number of alkyl halides is 6. The number of nitrogens with zero attached hydrogens (tertiary/aromatic N) is 5. The summed E-state index contributed by atoms with van der Waals surface area (Å²) in [4.78, 5) is 37.2. The quantitative estimate of drug-likeness (QED) is 0.314. The molecule has 2 aliphatic heterocycles. The lowest BCUT2D eigenvalue weighted by Gasteiger charge is -2.34. The predicted molar refractivity (Wildman–Crippen MR) is 127 cm³/mol. The average molecular weight is 565 g/mol. The van der Waals surface area contributed by atoms with Crippen molar-refractivity contribution in [2.24, 2.45) is 0 Å². The molecule has 4 heterocycles. The van der Waals surface area contributed by atoms with Gasteiger partial charge in [0.05, 0.1) is 24.8 Å². The molecule has 2 aromatic heterocycles. The Labute approximate surface area is 215 Å². The number of amides is 1. The maximum Gasteiger partial charge on any atom is 0.421 e.